The minimum Gasteiger partial charge on any atom is -0.461 e. The van der Waals surface area contributed by atoms with Crippen molar-refractivity contribution in [3.05, 3.63) is 126 Å². The lowest BCUT2D eigenvalue weighted by atomic mass is 10.1. The third kappa shape index (κ3) is 7.21. The summed E-state index contributed by atoms with van der Waals surface area (Å²) < 4.78 is 28.9. The first kappa shape index (κ1) is 33.3. The Labute approximate surface area is 296 Å². The summed E-state index contributed by atoms with van der Waals surface area (Å²) in [4.78, 5) is 31.7. The number of rotatable bonds is 12. The maximum atomic E-state index is 15.5. The van der Waals surface area contributed by atoms with Crippen LogP contribution in [0.2, 0.25) is 0 Å². The zero-order valence-electron chi connectivity index (χ0n) is 27.4. The molecule has 0 aliphatic heterocycles. The number of esters is 1. The van der Waals surface area contributed by atoms with Gasteiger partial charge in [0.25, 0.3) is 5.91 Å². The van der Waals surface area contributed by atoms with Gasteiger partial charge in [-0.25, -0.2) is 9.65 Å². The van der Waals surface area contributed by atoms with E-state index in [1.807, 2.05) is 103 Å². The second-order valence-electron chi connectivity index (χ2n) is 11.8. The van der Waals surface area contributed by atoms with Crippen LogP contribution >= 0.6 is 19.4 Å². The minimum atomic E-state index is -4.25. The highest BCUT2D eigenvalue weighted by molar-refractivity contribution is 7.99. The molecule has 2 N–H and O–H groups in total. The van der Waals surface area contributed by atoms with Gasteiger partial charge in [0.2, 0.25) is 0 Å². The van der Waals surface area contributed by atoms with Crippen LogP contribution in [0.4, 0.5) is 0 Å². The number of carbonyl (C=O) groups is 2. The molecule has 2 heterocycles. The van der Waals surface area contributed by atoms with Crippen molar-refractivity contribution in [3.63, 3.8) is 0 Å². The highest BCUT2D eigenvalue weighted by Gasteiger charge is 2.38. The van der Waals surface area contributed by atoms with E-state index in [4.69, 9.17) is 14.4 Å². The van der Waals surface area contributed by atoms with Gasteiger partial charge in [0, 0.05) is 36.7 Å². The van der Waals surface area contributed by atoms with Crippen LogP contribution in [-0.2, 0) is 14.1 Å². The van der Waals surface area contributed by atoms with Gasteiger partial charge in [-0.15, -0.1) is 0 Å². The van der Waals surface area contributed by atoms with Crippen LogP contribution in [0, 0.1) is 0 Å². The van der Waals surface area contributed by atoms with E-state index in [0.717, 1.165) is 39.1 Å². The second kappa shape index (κ2) is 14.3. The largest absolute Gasteiger partial charge is 0.461 e. The first-order chi connectivity index (χ1) is 24.3. The zero-order chi connectivity index (χ0) is 34.7. The molecule has 1 unspecified atom stereocenters. The quantitative estimate of drug-likeness (QED) is 0.0952. The number of pyridine rings is 1. The number of hydrogen-bond acceptors (Lipinski definition) is 8. The van der Waals surface area contributed by atoms with Crippen molar-refractivity contribution in [1.29, 1.82) is 0 Å². The number of carbonyl (C=O) groups excluding carboxylic acids is 2. The summed E-state index contributed by atoms with van der Waals surface area (Å²) >= 11 is 1.39. The zero-order valence-corrected chi connectivity index (χ0v) is 29.1. The number of nitrogens with one attached hydrogen (secondary N) is 2. The van der Waals surface area contributed by atoms with Crippen molar-refractivity contribution in [2.45, 2.75) is 41.7 Å². The first-order valence-electron chi connectivity index (χ1n) is 16.2. The third-order valence-electron chi connectivity index (χ3n) is 8.09. The van der Waals surface area contributed by atoms with E-state index in [-0.39, 0.29) is 14.9 Å². The van der Waals surface area contributed by atoms with Crippen molar-refractivity contribution in [3.8, 4) is 5.75 Å². The molecular weight excluding hydrogens is 669 g/mol. The standard InChI is InChI=1S/C38H34N5O5PS.2H2/c1-25(38(45)47-28-18-19-28)42-49(46,48-35-15-9-11-26-10-3-4-13-30(26)35)43-34-24-29(50-36-16-6-5-14-32(36)37(44)39-2)20-21-31(34)33(41-43)22-17-27-12-7-8-23-40-27;;/h3-17,20-25,28H,18-19H2,1-2H3,(H,39,44)(H,42,46);2*1H/b22-17+;;/t25-,49?;;/m0../s1. The number of aromatic nitrogens is 3. The molecule has 1 fully saturated rings. The predicted molar refractivity (Wildman–Crippen MR) is 200 cm³/mol. The molecule has 0 bridgehead atoms. The van der Waals surface area contributed by atoms with Crippen LogP contribution in [0.15, 0.2) is 119 Å². The normalized spacial score (nSPS) is 14.8. The maximum absolute atomic E-state index is 15.5. The van der Waals surface area contributed by atoms with Crippen LogP contribution in [0.1, 0.15) is 44.4 Å². The molecule has 12 heteroatoms. The summed E-state index contributed by atoms with van der Waals surface area (Å²) in [6.07, 6.45) is 6.82. The lowest BCUT2D eigenvalue weighted by molar-refractivity contribution is -0.146. The first-order valence-corrected chi connectivity index (χ1v) is 18.6. The summed E-state index contributed by atoms with van der Waals surface area (Å²) in [6.45, 7) is 1.61. The Kier molecular flexibility index (Phi) is 9.54. The van der Waals surface area contributed by atoms with Gasteiger partial charge in [-0.2, -0.15) is 9.55 Å². The fraction of sp³-hybridized carbons (Fsp3) is 0.158. The summed E-state index contributed by atoms with van der Waals surface area (Å²) in [5.41, 5.74) is 2.26. The van der Waals surface area contributed by atoms with E-state index in [2.05, 4.69) is 15.4 Å². The van der Waals surface area contributed by atoms with Crippen LogP contribution < -0.4 is 14.9 Å². The van der Waals surface area contributed by atoms with Crippen LogP contribution in [0.3, 0.4) is 0 Å². The highest BCUT2D eigenvalue weighted by atomic mass is 32.2. The van der Waals surface area contributed by atoms with E-state index >= 15 is 4.57 Å². The lowest BCUT2D eigenvalue weighted by Gasteiger charge is -2.24. The Hall–Kier alpha value is -5.22. The Morgan fingerprint density at radius 3 is 2.54 bits per heavy atom. The molecule has 1 aliphatic rings. The molecule has 0 radical (unpaired) electrons. The SMILES string of the molecule is CNC(=O)c1ccccc1Sc1ccc2c(/C=C/c3ccccn3)nn(P(=O)(N[C@@H](C)C(=O)OC3CC3)Oc3cccc4ccccc34)c2c1.[HH].[HH]. The fourth-order valence-corrected chi connectivity index (χ4v) is 8.31. The van der Waals surface area contributed by atoms with Crippen molar-refractivity contribution in [2.75, 3.05) is 7.05 Å². The molecule has 0 saturated heterocycles. The van der Waals surface area contributed by atoms with Crippen LogP contribution in [0.5, 0.6) is 5.75 Å². The number of ether oxygens (including phenoxy) is 1. The molecule has 0 spiro atoms. The molecule has 256 valence electrons. The Morgan fingerprint density at radius 1 is 0.960 bits per heavy atom. The van der Waals surface area contributed by atoms with E-state index in [1.54, 1.807) is 32.3 Å². The molecule has 7 rings (SSSR count). The minimum absolute atomic E-state index is 0. The topological polar surface area (TPSA) is 124 Å². The Bertz CT molecular complexity index is 2300. The van der Waals surface area contributed by atoms with Gasteiger partial charge in [-0.1, -0.05) is 66.4 Å². The highest BCUT2D eigenvalue weighted by Crippen LogP contribution is 2.49. The van der Waals surface area contributed by atoms with Crippen molar-refractivity contribution in [1.82, 2.24) is 24.9 Å². The monoisotopic (exact) mass is 707 g/mol. The maximum Gasteiger partial charge on any atom is 0.440 e. The number of benzene rings is 4. The predicted octanol–water partition coefficient (Wildman–Crippen LogP) is 8.48. The molecule has 6 aromatic rings. The van der Waals surface area contributed by atoms with Gasteiger partial charge in [0.15, 0.2) is 0 Å². The van der Waals surface area contributed by atoms with Crippen LogP contribution in [-0.4, -0.2) is 45.6 Å². The molecule has 2 aromatic heterocycles. The molecular formula is C38H38N5O5PS. The summed E-state index contributed by atoms with van der Waals surface area (Å²) in [6, 6.07) is 30.8. The second-order valence-corrected chi connectivity index (χ2v) is 14.8. The van der Waals surface area contributed by atoms with Gasteiger partial charge in [0.05, 0.1) is 22.5 Å². The van der Waals surface area contributed by atoms with Gasteiger partial charge in [0.1, 0.15) is 17.9 Å². The summed E-state index contributed by atoms with van der Waals surface area (Å²) in [5, 5.41) is 12.9. The Balaban J connectivity index is 0.00000261. The molecule has 1 saturated carbocycles. The van der Waals surface area contributed by atoms with Gasteiger partial charge >= 0.3 is 13.6 Å². The Morgan fingerprint density at radius 2 is 1.74 bits per heavy atom. The van der Waals surface area contributed by atoms with Crippen molar-refractivity contribution in [2.24, 2.45) is 0 Å². The van der Waals surface area contributed by atoms with Crippen molar-refractivity contribution >= 4 is 65.1 Å². The molecule has 2 atom stereocenters. The van der Waals surface area contributed by atoms with E-state index in [1.165, 1.54) is 16.2 Å². The number of nitrogens with zero attached hydrogens (tertiary/aromatic N) is 3. The third-order valence-corrected chi connectivity index (χ3v) is 11.1. The average molecular weight is 708 g/mol. The summed E-state index contributed by atoms with van der Waals surface area (Å²) in [5.74, 6) is -0.366. The van der Waals surface area contributed by atoms with E-state index in [9.17, 15) is 9.59 Å². The molecule has 4 aromatic carbocycles. The molecule has 1 aliphatic carbocycles. The molecule has 50 heavy (non-hydrogen) atoms. The molecule has 1 amide bonds. The van der Waals surface area contributed by atoms with Crippen molar-refractivity contribution < 1.29 is 26.3 Å². The number of amides is 1. The average Bonchev–Trinajstić information content (AvgIpc) is 3.88. The molecule has 10 nitrogen and oxygen atoms in total. The van der Waals surface area contributed by atoms with Gasteiger partial charge < -0.3 is 14.6 Å². The lowest BCUT2D eigenvalue weighted by Crippen LogP contribution is -2.36. The number of hydrogen-bond donors (Lipinski definition) is 2. The fourth-order valence-electron chi connectivity index (χ4n) is 5.41. The van der Waals surface area contributed by atoms with Gasteiger partial charge in [-0.3, -0.25) is 14.6 Å². The smallest absolute Gasteiger partial charge is 0.440 e. The summed E-state index contributed by atoms with van der Waals surface area (Å²) in [7, 11) is -2.66. The van der Waals surface area contributed by atoms with E-state index in [0.29, 0.717) is 27.9 Å². The van der Waals surface area contributed by atoms with Crippen LogP contribution in [0.25, 0.3) is 33.8 Å². The van der Waals surface area contributed by atoms with E-state index < -0.39 is 19.7 Å². The van der Waals surface area contributed by atoms with Gasteiger partial charge in [-0.05, 0) is 85.8 Å². The number of fused-ring (bicyclic) bond motifs is 2.